The van der Waals surface area contributed by atoms with Crippen LogP contribution in [0.3, 0.4) is 0 Å². The van der Waals surface area contributed by atoms with Crippen molar-refractivity contribution in [2.24, 2.45) is 5.73 Å². The maximum absolute atomic E-state index is 12.8. The number of nitrogens with zero attached hydrogens (tertiary/aromatic N) is 2. The summed E-state index contributed by atoms with van der Waals surface area (Å²) in [6.45, 7) is 1.01. The van der Waals surface area contributed by atoms with Gasteiger partial charge in [-0.2, -0.15) is 13.2 Å². The van der Waals surface area contributed by atoms with Crippen LogP contribution in [0.5, 0.6) is 0 Å². The van der Waals surface area contributed by atoms with Gasteiger partial charge in [-0.1, -0.05) is 6.07 Å². The van der Waals surface area contributed by atoms with Gasteiger partial charge >= 0.3 is 12.3 Å². The number of pyridine rings is 1. The summed E-state index contributed by atoms with van der Waals surface area (Å²) in [5, 5.41) is 0.630. The number of benzene rings is 1. The normalized spacial score (nSPS) is 18.4. The Kier molecular flexibility index (Phi) is 3.75. The molecule has 5 nitrogen and oxygen atoms in total. The predicted octanol–water partition coefficient (Wildman–Crippen LogP) is 2.93. The lowest BCUT2D eigenvalue weighted by Gasteiger charge is -2.18. The minimum Gasteiger partial charge on any atom is -0.444 e. The number of hydrogen-bond acceptors (Lipinski definition) is 4. The molecule has 1 aromatic carbocycles. The van der Waals surface area contributed by atoms with Crippen molar-refractivity contribution in [2.45, 2.75) is 18.7 Å². The summed E-state index contributed by atoms with van der Waals surface area (Å²) in [6, 6.07) is 6.93. The molecule has 1 aromatic heterocycles. The number of nitrogens with two attached hydrogens (primary N) is 1. The molecule has 0 bridgehead atoms. The Hall–Kier alpha value is -2.51. The van der Waals surface area contributed by atoms with Crippen LogP contribution in [0.1, 0.15) is 12.0 Å². The number of halogens is 3. The van der Waals surface area contributed by atoms with Crippen LogP contribution in [0.15, 0.2) is 30.3 Å². The molecule has 1 saturated heterocycles. The van der Waals surface area contributed by atoms with Gasteiger partial charge in [0.25, 0.3) is 0 Å². The van der Waals surface area contributed by atoms with Crippen molar-refractivity contribution in [3.05, 3.63) is 35.9 Å². The fraction of sp³-hybridized carbons (Fsp3) is 0.333. The van der Waals surface area contributed by atoms with Gasteiger partial charge < -0.3 is 15.4 Å². The third kappa shape index (κ3) is 3.30. The Morgan fingerprint density at radius 1 is 1.30 bits per heavy atom. The van der Waals surface area contributed by atoms with E-state index in [9.17, 15) is 18.0 Å². The summed E-state index contributed by atoms with van der Waals surface area (Å²) in [7, 11) is 0. The zero-order valence-corrected chi connectivity index (χ0v) is 12.0. The number of carbonyl (C=O) groups is 1. The highest BCUT2D eigenvalue weighted by molar-refractivity contribution is 5.81. The topological polar surface area (TPSA) is 68.5 Å². The van der Waals surface area contributed by atoms with Crippen molar-refractivity contribution in [3.63, 3.8) is 0 Å². The molecule has 23 heavy (non-hydrogen) atoms. The Morgan fingerprint density at radius 3 is 2.74 bits per heavy atom. The molecule has 0 unspecified atom stereocenters. The first-order valence-electron chi connectivity index (χ1n) is 7.02. The molecule has 1 amide bonds. The molecule has 1 fully saturated rings. The highest BCUT2D eigenvalue weighted by Gasteiger charge is 2.31. The van der Waals surface area contributed by atoms with E-state index in [-0.39, 0.29) is 11.6 Å². The van der Waals surface area contributed by atoms with Crippen molar-refractivity contribution >= 4 is 22.8 Å². The van der Waals surface area contributed by atoms with Crippen LogP contribution in [0.25, 0.3) is 10.9 Å². The quantitative estimate of drug-likeness (QED) is 0.922. The zero-order chi connectivity index (χ0) is 16.6. The molecule has 3 rings (SSSR count). The fourth-order valence-electron chi connectivity index (χ4n) is 2.66. The minimum atomic E-state index is -4.40. The van der Waals surface area contributed by atoms with Gasteiger partial charge in [0.1, 0.15) is 11.9 Å². The van der Waals surface area contributed by atoms with Crippen molar-refractivity contribution < 1.29 is 22.7 Å². The lowest BCUT2D eigenvalue weighted by molar-refractivity contribution is -0.137. The molecule has 2 aromatic rings. The van der Waals surface area contributed by atoms with Gasteiger partial charge in [0.15, 0.2) is 0 Å². The number of amides is 1. The number of carbonyl (C=O) groups excluding carboxylic acids is 1. The highest BCUT2D eigenvalue weighted by Crippen LogP contribution is 2.32. The SMILES string of the molecule is NC(=O)O[C@@H]1CCN(c2ccc3ccc(C(F)(F)F)cc3n2)C1. The van der Waals surface area contributed by atoms with Gasteiger partial charge in [-0.05, 0) is 24.3 Å². The second kappa shape index (κ2) is 5.60. The van der Waals surface area contributed by atoms with Crippen LogP contribution in [0.4, 0.5) is 23.8 Å². The number of ether oxygens (including phenoxy) is 1. The number of hydrogen-bond donors (Lipinski definition) is 1. The van der Waals surface area contributed by atoms with Crippen LogP contribution in [-0.2, 0) is 10.9 Å². The molecular formula is C15H14F3N3O2. The average Bonchev–Trinajstić information content (AvgIpc) is 2.93. The fourth-order valence-corrected chi connectivity index (χ4v) is 2.66. The zero-order valence-electron chi connectivity index (χ0n) is 12.0. The molecule has 2 N–H and O–H groups in total. The summed E-state index contributed by atoms with van der Waals surface area (Å²) >= 11 is 0. The predicted molar refractivity (Wildman–Crippen MR) is 78.0 cm³/mol. The van der Waals surface area contributed by atoms with E-state index < -0.39 is 17.8 Å². The summed E-state index contributed by atoms with van der Waals surface area (Å²) in [4.78, 5) is 16.9. The highest BCUT2D eigenvalue weighted by atomic mass is 19.4. The molecule has 8 heteroatoms. The lowest BCUT2D eigenvalue weighted by atomic mass is 10.1. The van der Waals surface area contributed by atoms with Gasteiger partial charge in [-0.3, -0.25) is 0 Å². The van der Waals surface area contributed by atoms with Crippen LogP contribution < -0.4 is 10.6 Å². The number of alkyl halides is 3. The molecule has 0 radical (unpaired) electrons. The van der Waals surface area contributed by atoms with Gasteiger partial charge in [0.2, 0.25) is 0 Å². The van der Waals surface area contributed by atoms with Gasteiger partial charge in [0.05, 0.1) is 17.6 Å². The number of anilines is 1. The van der Waals surface area contributed by atoms with Gasteiger partial charge in [-0.15, -0.1) is 0 Å². The van der Waals surface area contributed by atoms with E-state index in [1.54, 1.807) is 12.1 Å². The van der Waals surface area contributed by atoms with Crippen LogP contribution >= 0.6 is 0 Å². The van der Waals surface area contributed by atoms with E-state index >= 15 is 0 Å². The molecule has 0 aliphatic carbocycles. The van der Waals surface area contributed by atoms with E-state index in [2.05, 4.69) is 4.98 Å². The second-order valence-electron chi connectivity index (χ2n) is 5.37. The standard InChI is InChI=1S/C15H14F3N3O2/c16-15(17,18)10-3-1-9-2-4-13(20-12(9)7-10)21-6-5-11(8-21)23-14(19)22/h1-4,7,11H,5-6,8H2,(H2,19,22)/t11-/m1/s1. The van der Waals surface area contributed by atoms with E-state index in [4.69, 9.17) is 10.5 Å². The molecule has 2 heterocycles. The molecular weight excluding hydrogens is 311 g/mol. The van der Waals surface area contributed by atoms with Crippen LogP contribution in [0, 0.1) is 0 Å². The summed E-state index contributed by atoms with van der Waals surface area (Å²) in [6.07, 6.45) is -4.96. The summed E-state index contributed by atoms with van der Waals surface area (Å²) < 4.78 is 43.3. The summed E-state index contributed by atoms with van der Waals surface area (Å²) in [5.41, 5.74) is 4.53. The molecule has 122 valence electrons. The minimum absolute atomic E-state index is 0.275. The van der Waals surface area contributed by atoms with Crippen molar-refractivity contribution in [2.75, 3.05) is 18.0 Å². The van der Waals surface area contributed by atoms with E-state index in [1.165, 1.54) is 6.07 Å². The van der Waals surface area contributed by atoms with Crippen LogP contribution in [0.2, 0.25) is 0 Å². The Balaban J connectivity index is 1.86. The maximum Gasteiger partial charge on any atom is 0.416 e. The third-order valence-electron chi connectivity index (χ3n) is 3.76. The largest absolute Gasteiger partial charge is 0.444 e. The molecule has 1 atom stereocenters. The third-order valence-corrected chi connectivity index (χ3v) is 3.76. The lowest BCUT2D eigenvalue weighted by Crippen LogP contribution is -2.27. The Morgan fingerprint density at radius 2 is 2.04 bits per heavy atom. The van der Waals surface area contributed by atoms with E-state index in [1.807, 2.05) is 4.90 Å². The smallest absolute Gasteiger partial charge is 0.416 e. The first kappa shape index (κ1) is 15.4. The second-order valence-corrected chi connectivity index (χ2v) is 5.37. The Labute approximate surface area is 129 Å². The number of primary amides is 1. The van der Waals surface area contributed by atoms with E-state index in [0.29, 0.717) is 30.7 Å². The summed E-state index contributed by atoms with van der Waals surface area (Å²) in [5.74, 6) is 0.549. The molecule has 1 aliphatic rings. The first-order chi connectivity index (χ1) is 10.8. The van der Waals surface area contributed by atoms with Crippen molar-refractivity contribution in [1.29, 1.82) is 0 Å². The maximum atomic E-state index is 12.8. The monoisotopic (exact) mass is 325 g/mol. The van der Waals surface area contributed by atoms with Crippen molar-refractivity contribution in [3.8, 4) is 0 Å². The molecule has 1 aliphatic heterocycles. The van der Waals surface area contributed by atoms with E-state index in [0.717, 1.165) is 12.1 Å². The average molecular weight is 325 g/mol. The van der Waals surface area contributed by atoms with Crippen LogP contribution in [-0.4, -0.2) is 30.3 Å². The van der Waals surface area contributed by atoms with Gasteiger partial charge in [-0.25, -0.2) is 9.78 Å². The number of rotatable bonds is 2. The molecule has 0 saturated carbocycles. The van der Waals surface area contributed by atoms with Crippen molar-refractivity contribution in [1.82, 2.24) is 4.98 Å². The number of aromatic nitrogens is 1. The molecule has 0 spiro atoms. The Bertz CT molecular complexity index is 748. The first-order valence-corrected chi connectivity index (χ1v) is 7.02. The number of fused-ring (bicyclic) bond motifs is 1. The van der Waals surface area contributed by atoms with Gasteiger partial charge in [0, 0.05) is 18.4 Å².